The van der Waals surface area contributed by atoms with Crippen LogP contribution in [0.5, 0.6) is 0 Å². The largest absolute Gasteiger partial charge is 0.347 e. The number of aryl methyl sites for hydroxylation is 2. The molecule has 2 amide bonds. The van der Waals surface area contributed by atoms with E-state index in [1.807, 2.05) is 19.1 Å². The van der Waals surface area contributed by atoms with E-state index < -0.39 is 0 Å². The summed E-state index contributed by atoms with van der Waals surface area (Å²) in [5.41, 5.74) is 1.48. The molecule has 1 aromatic heterocycles. The van der Waals surface area contributed by atoms with Gasteiger partial charge in [0.05, 0.1) is 0 Å². The Morgan fingerprint density at radius 2 is 2.00 bits per heavy atom. The number of benzene rings is 1. The first-order valence-electron chi connectivity index (χ1n) is 8.72. The first-order chi connectivity index (χ1) is 12.1. The average molecular weight is 339 g/mol. The van der Waals surface area contributed by atoms with E-state index in [2.05, 4.69) is 20.1 Å². The lowest BCUT2D eigenvalue weighted by atomic mass is 10.1. The molecule has 0 bridgehead atoms. The minimum atomic E-state index is -0.0847. The quantitative estimate of drug-likeness (QED) is 0.918. The van der Waals surface area contributed by atoms with Gasteiger partial charge in [-0.05, 0) is 44.0 Å². The maximum Gasteiger partial charge on any atom is 0.251 e. The van der Waals surface area contributed by atoms with Crippen molar-refractivity contribution < 1.29 is 9.59 Å². The number of carbonyl (C=O) groups is 2. The molecule has 25 heavy (non-hydrogen) atoms. The van der Waals surface area contributed by atoms with E-state index in [0.717, 1.165) is 43.1 Å². The first-order valence-corrected chi connectivity index (χ1v) is 8.72. The lowest BCUT2D eigenvalue weighted by Crippen LogP contribution is -2.41. The van der Waals surface area contributed by atoms with Crippen LogP contribution in [0.25, 0.3) is 0 Å². The first kappa shape index (κ1) is 15.8. The van der Waals surface area contributed by atoms with Crippen molar-refractivity contribution in [3.8, 4) is 0 Å². The summed E-state index contributed by atoms with van der Waals surface area (Å²) in [5.74, 6) is 1.94. The van der Waals surface area contributed by atoms with Gasteiger partial charge in [-0.2, -0.15) is 0 Å². The Balaban J connectivity index is 1.41. The summed E-state index contributed by atoms with van der Waals surface area (Å²) in [5, 5.41) is 11.3. The van der Waals surface area contributed by atoms with Crippen molar-refractivity contribution in [2.24, 2.45) is 0 Å². The molecule has 1 saturated heterocycles. The molecule has 0 spiro atoms. The molecule has 0 aliphatic carbocycles. The Hall–Kier alpha value is -2.70. The molecule has 0 saturated carbocycles. The van der Waals surface area contributed by atoms with Gasteiger partial charge in [0.25, 0.3) is 5.91 Å². The summed E-state index contributed by atoms with van der Waals surface area (Å²) in [6, 6.07) is 7.35. The Kier molecular flexibility index (Phi) is 3.99. The third kappa shape index (κ3) is 3.01. The highest BCUT2D eigenvalue weighted by Crippen LogP contribution is 2.22. The van der Waals surface area contributed by atoms with Crippen LogP contribution in [0.2, 0.25) is 0 Å². The molecule has 0 unspecified atom stereocenters. The standard InChI is InChI=1S/C18H21N5O2/c1-12-20-21-16-9-6-14(11-23(12)16)19-18(25)13-4-7-15(8-5-13)22-10-2-3-17(22)24/h4-5,7-8,14H,2-3,6,9-11H2,1H3,(H,19,25)/t14-/m1/s1. The zero-order valence-electron chi connectivity index (χ0n) is 14.2. The van der Waals surface area contributed by atoms with Crippen molar-refractivity contribution in [1.82, 2.24) is 20.1 Å². The molecule has 1 N–H and O–H groups in total. The maximum atomic E-state index is 12.5. The fourth-order valence-electron chi connectivity index (χ4n) is 3.56. The number of anilines is 1. The zero-order valence-corrected chi connectivity index (χ0v) is 14.2. The monoisotopic (exact) mass is 339 g/mol. The van der Waals surface area contributed by atoms with Crippen LogP contribution in [-0.2, 0) is 17.8 Å². The van der Waals surface area contributed by atoms with E-state index >= 15 is 0 Å². The van der Waals surface area contributed by atoms with Crippen molar-refractivity contribution in [3.05, 3.63) is 41.5 Å². The number of amides is 2. The van der Waals surface area contributed by atoms with Crippen molar-refractivity contribution in [2.75, 3.05) is 11.4 Å². The predicted octanol–water partition coefficient (Wildman–Crippen LogP) is 1.46. The summed E-state index contributed by atoms with van der Waals surface area (Å²) in [6.45, 7) is 3.40. The average Bonchev–Trinajstić information content (AvgIpc) is 3.21. The van der Waals surface area contributed by atoms with Gasteiger partial charge < -0.3 is 14.8 Å². The van der Waals surface area contributed by atoms with Crippen molar-refractivity contribution in [3.63, 3.8) is 0 Å². The summed E-state index contributed by atoms with van der Waals surface area (Å²) >= 11 is 0. The molecule has 2 aliphatic rings. The van der Waals surface area contributed by atoms with Crippen LogP contribution in [0.1, 0.15) is 41.3 Å². The van der Waals surface area contributed by atoms with Gasteiger partial charge >= 0.3 is 0 Å². The summed E-state index contributed by atoms with van der Waals surface area (Å²) in [6.07, 6.45) is 3.19. The molecule has 130 valence electrons. The highest BCUT2D eigenvalue weighted by atomic mass is 16.2. The molecule has 1 aromatic carbocycles. The second kappa shape index (κ2) is 6.31. The Morgan fingerprint density at radius 1 is 1.20 bits per heavy atom. The second-order valence-electron chi connectivity index (χ2n) is 6.68. The molecule has 3 heterocycles. The Labute approximate surface area is 146 Å². The SMILES string of the molecule is Cc1nnc2n1C[C@H](NC(=O)c1ccc(N3CCCC3=O)cc1)CC2. The minimum Gasteiger partial charge on any atom is -0.347 e. The van der Waals surface area contributed by atoms with Crippen molar-refractivity contribution in [1.29, 1.82) is 0 Å². The number of nitrogens with zero attached hydrogens (tertiary/aromatic N) is 4. The molecule has 7 nitrogen and oxygen atoms in total. The molecule has 2 aliphatic heterocycles. The summed E-state index contributed by atoms with van der Waals surface area (Å²) in [7, 11) is 0. The number of rotatable bonds is 3. The van der Waals surface area contributed by atoms with Gasteiger partial charge in [0.15, 0.2) is 0 Å². The highest BCUT2D eigenvalue weighted by molar-refractivity contribution is 5.97. The summed E-state index contributed by atoms with van der Waals surface area (Å²) < 4.78 is 2.07. The topological polar surface area (TPSA) is 80.1 Å². The van der Waals surface area contributed by atoms with Gasteiger partial charge in [0, 0.05) is 43.2 Å². The fourth-order valence-corrected chi connectivity index (χ4v) is 3.56. The number of hydrogen-bond acceptors (Lipinski definition) is 4. The molecular weight excluding hydrogens is 318 g/mol. The molecule has 2 aromatic rings. The normalized spacial score (nSPS) is 19.8. The number of fused-ring (bicyclic) bond motifs is 1. The Bertz CT molecular complexity index is 811. The smallest absolute Gasteiger partial charge is 0.251 e. The number of aromatic nitrogens is 3. The van der Waals surface area contributed by atoms with Gasteiger partial charge in [0.2, 0.25) is 5.91 Å². The fraction of sp³-hybridized carbons (Fsp3) is 0.444. The van der Waals surface area contributed by atoms with Crippen LogP contribution < -0.4 is 10.2 Å². The molecule has 0 radical (unpaired) electrons. The van der Waals surface area contributed by atoms with E-state index in [1.54, 1.807) is 17.0 Å². The Morgan fingerprint density at radius 3 is 2.72 bits per heavy atom. The lowest BCUT2D eigenvalue weighted by Gasteiger charge is -2.25. The molecular formula is C18H21N5O2. The zero-order chi connectivity index (χ0) is 17.4. The lowest BCUT2D eigenvalue weighted by molar-refractivity contribution is -0.117. The van der Waals surface area contributed by atoms with Crippen LogP contribution in [0.3, 0.4) is 0 Å². The molecule has 1 fully saturated rings. The van der Waals surface area contributed by atoms with Crippen LogP contribution in [-0.4, -0.2) is 39.2 Å². The van der Waals surface area contributed by atoms with Crippen LogP contribution in [0.4, 0.5) is 5.69 Å². The third-order valence-corrected chi connectivity index (χ3v) is 4.98. The van der Waals surface area contributed by atoms with E-state index in [1.165, 1.54) is 0 Å². The number of hydrogen-bond donors (Lipinski definition) is 1. The molecule has 7 heteroatoms. The number of nitrogens with one attached hydrogen (secondary N) is 1. The maximum absolute atomic E-state index is 12.5. The van der Waals surface area contributed by atoms with E-state index in [4.69, 9.17) is 0 Å². The predicted molar refractivity (Wildman–Crippen MR) is 92.4 cm³/mol. The van der Waals surface area contributed by atoms with Gasteiger partial charge in [0.1, 0.15) is 11.6 Å². The minimum absolute atomic E-state index is 0.0783. The van der Waals surface area contributed by atoms with Gasteiger partial charge in [-0.1, -0.05) is 0 Å². The molecule has 4 rings (SSSR count). The van der Waals surface area contributed by atoms with E-state index in [9.17, 15) is 9.59 Å². The number of carbonyl (C=O) groups excluding carboxylic acids is 2. The van der Waals surface area contributed by atoms with E-state index in [0.29, 0.717) is 18.5 Å². The van der Waals surface area contributed by atoms with Crippen molar-refractivity contribution in [2.45, 2.75) is 45.2 Å². The third-order valence-electron chi connectivity index (χ3n) is 4.98. The van der Waals surface area contributed by atoms with Crippen LogP contribution in [0.15, 0.2) is 24.3 Å². The van der Waals surface area contributed by atoms with E-state index in [-0.39, 0.29) is 17.9 Å². The van der Waals surface area contributed by atoms with Gasteiger partial charge in [-0.25, -0.2) is 0 Å². The van der Waals surface area contributed by atoms with Gasteiger partial charge in [-0.15, -0.1) is 10.2 Å². The van der Waals surface area contributed by atoms with Crippen LogP contribution >= 0.6 is 0 Å². The highest BCUT2D eigenvalue weighted by Gasteiger charge is 2.24. The second-order valence-corrected chi connectivity index (χ2v) is 6.68. The van der Waals surface area contributed by atoms with Crippen LogP contribution in [0, 0.1) is 6.92 Å². The van der Waals surface area contributed by atoms with Gasteiger partial charge in [-0.3, -0.25) is 9.59 Å². The van der Waals surface area contributed by atoms with Crippen molar-refractivity contribution >= 4 is 17.5 Å². The molecule has 1 atom stereocenters. The summed E-state index contributed by atoms with van der Waals surface area (Å²) in [4.78, 5) is 26.1.